The summed E-state index contributed by atoms with van der Waals surface area (Å²) in [5.41, 5.74) is -0.287. The second-order valence-electron chi connectivity index (χ2n) is 17.5. The molecule has 0 spiro atoms. The number of phenols is 3. The molecule has 2 aromatic rings. The predicted octanol–water partition coefficient (Wildman–Crippen LogP) is 5.26. The third kappa shape index (κ3) is 8.87. The molecule has 10 atom stereocenters. The summed E-state index contributed by atoms with van der Waals surface area (Å²) in [4.78, 5) is 43.2. The summed E-state index contributed by atoms with van der Waals surface area (Å²) < 4.78 is 23.7. The zero-order valence-electron chi connectivity index (χ0n) is 37.0. The lowest BCUT2D eigenvalue weighted by atomic mass is 9.78. The number of phenolic OH excluding ortho intramolecular Hbond substituents is 3. The summed E-state index contributed by atoms with van der Waals surface area (Å²) in [5.74, 6) is -8.27. The van der Waals surface area contributed by atoms with Gasteiger partial charge in [0.25, 0.3) is 11.7 Å². The number of hydrogen-bond donors (Lipinski definition) is 6. The number of nitrogens with one attached hydrogen (secondary N) is 1. The van der Waals surface area contributed by atoms with Crippen molar-refractivity contribution in [1.82, 2.24) is 9.91 Å². The quantitative estimate of drug-likeness (QED) is 0.100. The number of anilines is 1. The van der Waals surface area contributed by atoms with Crippen LogP contribution in [0.3, 0.4) is 0 Å². The molecule has 0 aromatic heterocycles. The van der Waals surface area contributed by atoms with Crippen molar-refractivity contribution in [3.05, 3.63) is 52.8 Å². The van der Waals surface area contributed by atoms with Crippen molar-refractivity contribution in [1.29, 1.82) is 0 Å². The Morgan fingerprint density at radius 2 is 1.68 bits per heavy atom. The molecule has 2 fully saturated rings. The highest BCUT2D eigenvalue weighted by Gasteiger charge is 2.50. The Balaban J connectivity index is 1.50. The fourth-order valence-corrected chi connectivity index (χ4v) is 9.26. The third-order valence-electron chi connectivity index (χ3n) is 13.2. The molecule has 2 aromatic carbocycles. The molecule has 16 nitrogen and oxygen atoms in total. The Kier molecular flexibility index (Phi) is 14.0. The van der Waals surface area contributed by atoms with Crippen molar-refractivity contribution in [2.75, 3.05) is 38.6 Å². The normalized spacial score (nSPS) is 33.4. The van der Waals surface area contributed by atoms with E-state index in [-0.39, 0.29) is 44.5 Å². The molecule has 16 heteroatoms. The molecule has 2 saturated heterocycles. The van der Waals surface area contributed by atoms with Gasteiger partial charge in [0.05, 0.1) is 59.5 Å². The summed E-state index contributed by atoms with van der Waals surface area (Å²) in [6, 6.07) is 0.305. The fourth-order valence-electron chi connectivity index (χ4n) is 9.26. The van der Waals surface area contributed by atoms with Gasteiger partial charge in [-0.2, -0.15) is 5.10 Å². The lowest BCUT2D eigenvalue weighted by Crippen LogP contribution is -2.53. The molecule has 5 bridgehead atoms. The van der Waals surface area contributed by atoms with Gasteiger partial charge in [-0.25, -0.2) is 0 Å². The number of methoxy groups -OCH3 is 1. The van der Waals surface area contributed by atoms with E-state index in [0.29, 0.717) is 19.1 Å². The van der Waals surface area contributed by atoms with Gasteiger partial charge < -0.3 is 49.8 Å². The number of carbonyl (C=O) groups excluding carboxylic acids is 3. The first-order valence-corrected chi connectivity index (χ1v) is 21.4. The number of nitrogens with zero attached hydrogens (tertiary/aromatic N) is 3. The van der Waals surface area contributed by atoms with E-state index < -0.39 is 88.8 Å². The predicted molar refractivity (Wildman–Crippen MR) is 232 cm³/mol. The van der Waals surface area contributed by atoms with Crippen LogP contribution in [-0.4, -0.2) is 129 Å². The molecule has 5 aliphatic heterocycles. The first-order valence-electron chi connectivity index (χ1n) is 21.4. The molecule has 1 amide bonds. The van der Waals surface area contributed by atoms with Gasteiger partial charge in [-0.15, -0.1) is 0 Å². The van der Waals surface area contributed by atoms with Gasteiger partial charge >= 0.3 is 11.8 Å². The number of hydrogen-bond acceptors (Lipinski definition) is 15. The molecule has 0 saturated carbocycles. The van der Waals surface area contributed by atoms with Crippen LogP contribution < -0.4 is 10.1 Å². The summed E-state index contributed by atoms with van der Waals surface area (Å²) in [6.45, 7) is 15.6. The number of hydrazone groups is 1. The number of piperazine rings is 1. The number of aliphatic hydroxyl groups is 2. The van der Waals surface area contributed by atoms with Crippen molar-refractivity contribution in [2.24, 2.45) is 28.8 Å². The highest BCUT2D eigenvalue weighted by Crippen LogP contribution is 2.55. The summed E-state index contributed by atoms with van der Waals surface area (Å²) >= 11 is 0. The Bertz CT molecular complexity index is 2190. The monoisotopic (exact) mass is 862 g/mol. The van der Waals surface area contributed by atoms with Crippen LogP contribution >= 0.6 is 0 Å². The number of amides is 1. The first-order chi connectivity index (χ1) is 29.3. The van der Waals surface area contributed by atoms with Crippen molar-refractivity contribution >= 4 is 40.3 Å². The highest BCUT2D eigenvalue weighted by atomic mass is 16.7. The largest absolute Gasteiger partial charge is 0.507 e. The van der Waals surface area contributed by atoms with Crippen LogP contribution in [0.2, 0.25) is 0 Å². The number of allylic oxidation sites excluding steroid dienone is 2. The lowest BCUT2D eigenvalue weighted by molar-refractivity contribution is -0.160. The molecular formula is C46H62N4O12. The Morgan fingerprint density at radius 1 is 0.952 bits per heavy atom. The number of rotatable bonds is 4. The van der Waals surface area contributed by atoms with Gasteiger partial charge in [0.15, 0.2) is 5.75 Å². The van der Waals surface area contributed by atoms with Crippen molar-refractivity contribution < 1.29 is 58.9 Å². The van der Waals surface area contributed by atoms with Crippen LogP contribution in [0.25, 0.3) is 10.8 Å². The smallest absolute Gasteiger partial charge is 0.312 e. The van der Waals surface area contributed by atoms with Crippen LogP contribution in [0.1, 0.15) is 89.2 Å². The molecule has 1 unspecified atom stereocenters. The van der Waals surface area contributed by atoms with E-state index in [1.807, 2.05) is 5.01 Å². The van der Waals surface area contributed by atoms with Gasteiger partial charge in [0, 0.05) is 80.3 Å². The summed E-state index contributed by atoms with van der Waals surface area (Å²) in [6.07, 6.45) is 8.25. The molecule has 7 rings (SSSR count). The first kappa shape index (κ1) is 46.3. The number of esters is 1. The van der Waals surface area contributed by atoms with Crippen molar-refractivity contribution in [3.8, 4) is 23.0 Å². The molecule has 62 heavy (non-hydrogen) atoms. The van der Waals surface area contributed by atoms with E-state index in [1.54, 1.807) is 39.8 Å². The number of fused-ring (bicyclic) bond motifs is 15. The number of carbonyl (C=O) groups is 3. The maximum atomic E-state index is 14.5. The minimum atomic E-state index is -2.04. The summed E-state index contributed by atoms with van der Waals surface area (Å²) in [5, 5.41) is 67.6. The Hall–Kier alpha value is -5.16. The maximum absolute atomic E-state index is 14.5. The second kappa shape index (κ2) is 18.7. The number of ketones is 1. The van der Waals surface area contributed by atoms with E-state index in [9.17, 15) is 39.9 Å². The van der Waals surface area contributed by atoms with Crippen LogP contribution in [0.4, 0.5) is 5.69 Å². The SMILES string of the molecule is CO[C@H]1/C=C/O[C@@]2(C)Oc3c(C)c(O)c4c(O)c(c(/C=N\N5CCN6CCCCC6C5)c(O)c4c3C2=O)NC(=O)/C(C)=C\C=C\[C@@H](C)[C@H](O)[C@@H](C)[C@H](O)[C@@H](C)[C@H](OC(C)=O)[C@@H]1C. The average Bonchev–Trinajstić information content (AvgIpc) is 3.51. The van der Waals surface area contributed by atoms with E-state index in [4.69, 9.17) is 24.0 Å². The van der Waals surface area contributed by atoms with Gasteiger partial charge in [0.1, 0.15) is 23.4 Å². The van der Waals surface area contributed by atoms with E-state index in [0.717, 1.165) is 32.4 Å². The van der Waals surface area contributed by atoms with Crippen LogP contribution in [0.15, 0.2) is 41.2 Å². The fraction of sp³-hybridized carbons (Fsp3) is 0.565. The van der Waals surface area contributed by atoms with Crippen molar-refractivity contribution in [3.63, 3.8) is 0 Å². The maximum Gasteiger partial charge on any atom is 0.312 e. The molecule has 6 N–H and O–H groups in total. The molecule has 0 aliphatic carbocycles. The van der Waals surface area contributed by atoms with Gasteiger partial charge in [0.2, 0.25) is 0 Å². The molecule has 5 aliphatic rings. The lowest BCUT2D eigenvalue weighted by Gasteiger charge is -2.42. The molecular weight excluding hydrogens is 801 g/mol. The van der Waals surface area contributed by atoms with E-state index in [1.165, 1.54) is 59.4 Å². The van der Waals surface area contributed by atoms with Gasteiger partial charge in [-0.3, -0.25) is 24.3 Å². The van der Waals surface area contributed by atoms with Crippen molar-refractivity contribution in [2.45, 2.75) is 111 Å². The number of piperidine rings is 1. The third-order valence-corrected chi connectivity index (χ3v) is 13.2. The zero-order valence-corrected chi connectivity index (χ0v) is 37.0. The van der Waals surface area contributed by atoms with Gasteiger partial charge in [-0.1, -0.05) is 52.3 Å². The average molecular weight is 863 g/mol. The summed E-state index contributed by atoms with van der Waals surface area (Å²) in [7, 11) is 1.44. The van der Waals surface area contributed by atoms with E-state index >= 15 is 0 Å². The topological polar surface area (TPSA) is 220 Å². The minimum Gasteiger partial charge on any atom is -0.507 e. The number of ether oxygens (including phenoxy) is 4. The highest BCUT2D eigenvalue weighted by molar-refractivity contribution is 6.23. The zero-order chi connectivity index (χ0) is 45.4. The van der Waals surface area contributed by atoms with E-state index in [2.05, 4.69) is 10.2 Å². The standard InChI is InChI=1S/C46H62N4O12/c1-23-13-12-14-24(2)45(58)48-36-31(21-47-50-19-18-49-17-11-10-15-30(49)22-50)40(55)33-34(41(36)56)39(54)28(6)43-35(33)44(57)46(8,62-43)60-20-16-32(59-9)25(3)42(61-29(7)51)27(5)38(53)26(4)37(23)52/h12-14,16,20-21,23,25-27,30,32,37-38,42,52-56H,10-11,15,17-19,22H2,1-9H3,(H,48,58)/b13-12+,20-16+,24-14-,47-21-/t23-,25-,26-,27-,30?,32+,37+,38+,42-,46+/m1/s1. The number of aliphatic hydroxyl groups excluding tert-OH is 2. The molecule has 338 valence electrons. The second-order valence-corrected chi connectivity index (χ2v) is 17.5. The number of aromatic hydroxyl groups is 3. The number of benzene rings is 2. The number of Topliss-reactive ketones (excluding diaryl/α,β-unsaturated/α-hetero) is 1. The Morgan fingerprint density at radius 3 is 2.37 bits per heavy atom. The Labute approximate surface area is 362 Å². The van der Waals surface area contributed by atoms with Crippen LogP contribution in [0.5, 0.6) is 23.0 Å². The van der Waals surface area contributed by atoms with Crippen LogP contribution in [-0.2, 0) is 23.8 Å². The molecule has 5 heterocycles. The minimum absolute atomic E-state index is 0.0633. The molecule has 0 radical (unpaired) electrons. The van der Waals surface area contributed by atoms with Crippen LogP contribution in [0, 0.1) is 30.6 Å². The van der Waals surface area contributed by atoms with Gasteiger partial charge in [-0.05, 0) is 39.3 Å².